The van der Waals surface area contributed by atoms with E-state index in [0.29, 0.717) is 11.3 Å². The zero-order chi connectivity index (χ0) is 15.6. The lowest BCUT2D eigenvalue weighted by Gasteiger charge is -2.18. The first-order chi connectivity index (χ1) is 9.88. The molecular formula is C15H16N2O4. The molecule has 0 spiro atoms. The van der Waals surface area contributed by atoms with Crippen LogP contribution < -0.4 is 5.32 Å². The predicted molar refractivity (Wildman–Crippen MR) is 79.6 cm³/mol. The molecule has 6 nitrogen and oxygen atoms in total. The number of hydrogen-bond donors (Lipinski definition) is 3. The van der Waals surface area contributed by atoms with Gasteiger partial charge >= 0.3 is 0 Å². The maximum absolute atomic E-state index is 10.8. The molecule has 2 aromatic rings. The van der Waals surface area contributed by atoms with Crippen LogP contribution in [0.5, 0.6) is 11.5 Å². The standard InChI is InChI=1S/C15H16N2O4/c1-9-3-4-11(17(20)21)7-14(9)16-10(2)13-8-12(18)5-6-15(13)19/h3-8,10,16,18-19H,1-2H3. The number of benzene rings is 2. The Labute approximate surface area is 121 Å². The Kier molecular flexibility index (Phi) is 3.98. The molecule has 110 valence electrons. The number of nitro benzene ring substituents is 1. The topological polar surface area (TPSA) is 95.6 Å². The number of non-ortho nitro benzene ring substituents is 1. The first-order valence-electron chi connectivity index (χ1n) is 6.42. The van der Waals surface area contributed by atoms with E-state index in [1.807, 2.05) is 6.92 Å². The lowest BCUT2D eigenvalue weighted by atomic mass is 10.1. The van der Waals surface area contributed by atoms with Crippen molar-refractivity contribution in [3.63, 3.8) is 0 Å². The van der Waals surface area contributed by atoms with Gasteiger partial charge in [0.25, 0.3) is 5.69 Å². The van der Waals surface area contributed by atoms with Gasteiger partial charge in [-0.2, -0.15) is 0 Å². The largest absolute Gasteiger partial charge is 0.508 e. The molecule has 0 bridgehead atoms. The minimum Gasteiger partial charge on any atom is -0.508 e. The third kappa shape index (κ3) is 3.22. The molecule has 0 heterocycles. The molecule has 0 saturated heterocycles. The minimum absolute atomic E-state index is 0.00423. The summed E-state index contributed by atoms with van der Waals surface area (Å²) in [6.45, 7) is 3.63. The smallest absolute Gasteiger partial charge is 0.271 e. The molecule has 0 amide bonds. The Morgan fingerprint density at radius 1 is 1.19 bits per heavy atom. The maximum atomic E-state index is 10.8. The number of phenols is 2. The van der Waals surface area contributed by atoms with E-state index in [4.69, 9.17) is 0 Å². The minimum atomic E-state index is -0.457. The summed E-state index contributed by atoms with van der Waals surface area (Å²) < 4.78 is 0. The number of aryl methyl sites for hydroxylation is 1. The van der Waals surface area contributed by atoms with E-state index in [1.54, 1.807) is 13.0 Å². The molecular weight excluding hydrogens is 272 g/mol. The Morgan fingerprint density at radius 3 is 2.57 bits per heavy atom. The number of anilines is 1. The number of nitrogens with one attached hydrogen (secondary N) is 1. The van der Waals surface area contributed by atoms with Gasteiger partial charge in [-0.15, -0.1) is 0 Å². The molecule has 3 N–H and O–H groups in total. The average Bonchev–Trinajstić information content (AvgIpc) is 2.43. The number of hydrogen-bond acceptors (Lipinski definition) is 5. The number of nitrogens with zero attached hydrogens (tertiary/aromatic N) is 1. The average molecular weight is 288 g/mol. The molecule has 2 rings (SSSR count). The molecule has 0 aliphatic carbocycles. The maximum Gasteiger partial charge on any atom is 0.271 e. The Balaban J connectivity index is 2.31. The van der Waals surface area contributed by atoms with Crippen LogP contribution in [-0.4, -0.2) is 15.1 Å². The Bertz CT molecular complexity index is 685. The van der Waals surface area contributed by atoms with Crippen LogP contribution in [0, 0.1) is 17.0 Å². The van der Waals surface area contributed by atoms with Crippen LogP contribution in [0.1, 0.15) is 24.1 Å². The number of rotatable bonds is 4. The molecule has 0 saturated carbocycles. The summed E-state index contributed by atoms with van der Waals surface area (Å²) in [6, 6.07) is 8.49. The fraction of sp³-hybridized carbons (Fsp3) is 0.200. The fourth-order valence-corrected chi connectivity index (χ4v) is 2.08. The third-order valence-electron chi connectivity index (χ3n) is 3.28. The quantitative estimate of drug-likeness (QED) is 0.454. The second kappa shape index (κ2) is 5.70. The van der Waals surface area contributed by atoms with Crippen molar-refractivity contribution in [1.82, 2.24) is 0 Å². The van der Waals surface area contributed by atoms with E-state index < -0.39 is 4.92 Å². The van der Waals surface area contributed by atoms with Gasteiger partial charge in [0.15, 0.2) is 0 Å². The molecule has 21 heavy (non-hydrogen) atoms. The normalized spacial score (nSPS) is 11.9. The van der Waals surface area contributed by atoms with Gasteiger partial charge in [-0.3, -0.25) is 10.1 Å². The van der Waals surface area contributed by atoms with Crippen molar-refractivity contribution in [1.29, 1.82) is 0 Å². The van der Waals surface area contributed by atoms with Gasteiger partial charge in [0.2, 0.25) is 0 Å². The van der Waals surface area contributed by atoms with Gasteiger partial charge in [-0.1, -0.05) is 6.07 Å². The van der Waals surface area contributed by atoms with Crippen LogP contribution in [0.3, 0.4) is 0 Å². The first kappa shape index (κ1) is 14.6. The highest BCUT2D eigenvalue weighted by molar-refractivity contribution is 5.58. The molecule has 0 aliphatic rings. The number of aromatic hydroxyl groups is 2. The highest BCUT2D eigenvalue weighted by atomic mass is 16.6. The SMILES string of the molecule is Cc1ccc([N+](=O)[O-])cc1NC(C)c1cc(O)ccc1O. The van der Waals surface area contributed by atoms with Crippen molar-refractivity contribution < 1.29 is 15.1 Å². The van der Waals surface area contributed by atoms with Crippen molar-refractivity contribution in [2.24, 2.45) is 0 Å². The molecule has 0 fully saturated rings. The third-order valence-corrected chi connectivity index (χ3v) is 3.28. The van der Waals surface area contributed by atoms with Crippen LogP contribution in [0.15, 0.2) is 36.4 Å². The van der Waals surface area contributed by atoms with Crippen LogP contribution in [0.2, 0.25) is 0 Å². The summed E-state index contributed by atoms with van der Waals surface area (Å²) in [5.74, 6) is 0.100. The molecule has 6 heteroatoms. The van der Waals surface area contributed by atoms with Gasteiger partial charge in [0.1, 0.15) is 11.5 Å². The highest BCUT2D eigenvalue weighted by Crippen LogP contribution is 2.31. The second-order valence-electron chi connectivity index (χ2n) is 4.87. The zero-order valence-electron chi connectivity index (χ0n) is 11.7. The lowest BCUT2D eigenvalue weighted by Crippen LogP contribution is -2.08. The van der Waals surface area contributed by atoms with Crippen molar-refractivity contribution in [2.75, 3.05) is 5.32 Å². The van der Waals surface area contributed by atoms with Gasteiger partial charge in [-0.05, 0) is 37.6 Å². The van der Waals surface area contributed by atoms with Crippen LogP contribution in [0.25, 0.3) is 0 Å². The Hall–Kier alpha value is -2.76. The van der Waals surface area contributed by atoms with Crippen molar-refractivity contribution in [2.45, 2.75) is 19.9 Å². The van der Waals surface area contributed by atoms with E-state index in [0.717, 1.165) is 5.56 Å². The molecule has 0 aliphatic heterocycles. The van der Waals surface area contributed by atoms with E-state index in [1.165, 1.54) is 30.3 Å². The van der Waals surface area contributed by atoms with Gasteiger partial charge in [0, 0.05) is 23.4 Å². The number of phenolic OH excluding ortho intramolecular Hbond substituents is 2. The molecule has 1 unspecified atom stereocenters. The van der Waals surface area contributed by atoms with Gasteiger partial charge < -0.3 is 15.5 Å². The molecule has 0 aromatic heterocycles. The summed E-state index contributed by atoms with van der Waals surface area (Å²) >= 11 is 0. The lowest BCUT2D eigenvalue weighted by molar-refractivity contribution is -0.384. The monoisotopic (exact) mass is 288 g/mol. The van der Waals surface area contributed by atoms with Crippen molar-refractivity contribution in [3.8, 4) is 11.5 Å². The molecule has 0 radical (unpaired) electrons. The van der Waals surface area contributed by atoms with Crippen LogP contribution >= 0.6 is 0 Å². The second-order valence-corrected chi connectivity index (χ2v) is 4.87. The molecule has 2 aromatic carbocycles. The van der Waals surface area contributed by atoms with E-state index in [9.17, 15) is 20.3 Å². The van der Waals surface area contributed by atoms with E-state index in [-0.39, 0.29) is 23.2 Å². The summed E-state index contributed by atoms with van der Waals surface area (Å²) in [6.07, 6.45) is 0. The van der Waals surface area contributed by atoms with Crippen molar-refractivity contribution >= 4 is 11.4 Å². The van der Waals surface area contributed by atoms with Crippen LogP contribution in [0.4, 0.5) is 11.4 Å². The summed E-state index contributed by atoms with van der Waals surface area (Å²) in [4.78, 5) is 10.4. The summed E-state index contributed by atoms with van der Waals surface area (Å²) in [7, 11) is 0. The highest BCUT2D eigenvalue weighted by Gasteiger charge is 2.14. The van der Waals surface area contributed by atoms with E-state index in [2.05, 4.69) is 5.32 Å². The Morgan fingerprint density at radius 2 is 1.90 bits per heavy atom. The number of nitro groups is 1. The fourth-order valence-electron chi connectivity index (χ4n) is 2.08. The van der Waals surface area contributed by atoms with Crippen LogP contribution in [-0.2, 0) is 0 Å². The summed E-state index contributed by atoms with van der Waals surface area (Å²) in [5, 5.41) is 33.3. The predicted octanol–water partition coefficient (Wildman–Crippen LogP) is 3.49. The zero-order valence-corrected chi connectivity index (χ0v) is 11.7. The van der Waals surface area contributed by atoms with Crippen molar-refractivity contribution in [3.05, 3.63) is 57.6 Å². The van der Waals surface area contributed by atoms with Gasteiger partial charge in [-0.25, -0.2) is 0 Å². The van der Waals surface area contributed by atoms with E-state index >= 15 is 0 Å². The summed E-state index contributed by atoms with van der Waals surface area (Å²) in [5.41, 5.74) is 1.97. The van der Waals surface area contributed by atoms with Gasteiger partial charge in [0.05, 0.1) is 11.0 Å². The molecule has 1 atom stereocenters. The first-order valence-corrected chi connectivity index (χ1v) is 6.42.